The third-order valence-electron chi connectivity index (χ3n) is 1.95. The van der Waals surface area contributed by atoms with Crippen LogP contribution in [0.4, 0.5) is 13.2 Å². The Balaban J connectivity index is 3.02. The molecule has 0 saturated heterocycles. The van der Waals surface area contributed by atoms with Gasteiger partial charge in [-0.1, -0.05) is 18.2 Å². The predicted octanol–water partition coefficient (Wildman–Crippen LogP) is 2.84. The lowest BCUT2D eigenvalue weighted by atomic mass is 10.2. The molecule has 0 heterocycles. The second-order valence-corrected chi connectivity index (χ2v) is 5.48. The average molecular weight is 298 g/mol. The number of alkyl halides is 3. The summed E-state index contributed by atoms with van der Waals surface area (Å²) in [6, 6.07) is 5.23. The number of hydrogen-bond donors (Lipinski definition) is 0. The highest BCUT2D eigenvalue weighted by Gasteiger charge is 2.30. The fourth-order valence-corrected chi connectivity index (χ4v) is 2.64. The zero-order valence-corrected chi connectivity index (χ0v) is 11.1. The van der Waals surface area contributed by atoms with Crippen LogP contribution in [0.25, 0.3) is 0 Å². The number of ether oxygens (including phenoxy) is 1. The third-order valence-corrected chi connectivity index (χ3v) is 3.53. The molecule has 0 unspecified atom stereocenters. The van der Waals surface area contributed by atoms with Crippen molar-refractivity contribution in [1.29, 1.82) is 0 Å². The van der Waals surface area contributed by atoms with E-state index in [4.69, 9.17) is 4.18 Å². The quantitative estimate of drug-likeness (QED) is 0.784. The Kier molecular flexibility index (Phi) is 4.94. The highest BCUT2D eigenvalue weighted by Crippen LogP contribution is 2.24. The van der Waals surface area contributed by atoms with E-state index < -0.39 is 29.2 Å². The van der Waals surface area contributed by atoms with Crippen molar-refractivity contribution in [3.8, 4) is 0 Å². The molecule has 0 radical (unpaired) electrons. The maximum atomic E-state index is 12.0. The Morgan fingerprint density at radius 2 is 1.79 bits per heavy atom. The van der Waals surface area contributed by atoms with Gasteiger partial charge in [0.05, 0.1) is 17.6 Å². The summed E-state index contributed by atoms with van der Waals surface area (Å²) in [5.41, 5.74) is -0.111. The van der Waals surface area contributed by atoms with E-state index in [1.807, 2.05) is 0 Å². The molecule has 8 heteroatoms. The van der Waals surface area contributed by atoms with Crippen molar-refractivity contribution in [3.63, 3.8) is 0 Å². The van der Waals surface area contributed by atoms with Crippen LogP contribution >= 0.6 is 0 Å². The van der Waals surface area contributed by atoms with Crippen LogP contribution in [-0.2, 0) is 25.6 Å². The van der Waals surface area contributed by atoms with Gasteiger partial charge in [-0.2, -0.15) is 8.42 Å². The molecule has 0 aliphatic heterocycles. The monoisotopic (exact) mass is 298 g/mol. The summed E-state index contributed by atoms with van der Waals surface area (Å²) in [7, 11) is -4.11. The lowest BCUT2D eigenvalue weighted by Crippen LogP contribution is -2.17. The topological polar surface area (TPSA) is 52.6 Å². The van der Waals surface area contributed by atoms with Crippen LogP contribution in [0.3, 0.4) is 0 Å². The molecule has 0 spiro atoms. The number of benzene rings is 1. The minimum Gasteiger partial charge on any atom is -0.287 e. The lowest BCUT2D eigenvalue weighted by Gasteiger charge is -2.13. The van der Waals surface area contributed by atoms with Gasteiger partial charge >= 0.3 is 6.36 Å². The molecule has 0 aromatic heterocycles. The predicted molar refractivity (Wildman–Crippen MR) is 60.7 cm³/mol. The van der Waals surface area contributed by atoms with Gasteiger partial charge in [0.25, 0.3) is 10.1 Å². The summed E-state index contributed by atoms with van der Waals surface area (Å²) in [4.78, 5) is -0.326. The molecule has 0 bridgehead atoms. The highest BCUT2D eigenvalue weighted by molar-refractivity contribution is 7.86. The summed E-state index contributed by atoms with van der Waals surface area (Å²) in [6.45, 7) is 2.12. The number of hydrogen-bond acceptors (Lipinski definition) is 4. The first-order chi connectivity index (χ1) is 8.62. The van der Waals surface area contributed by atoms with Gasteiger partial charge < -0.3 is 0 Å². The molecule has 0 fully saturated rings. The van der Waals surface area contributed by atoms with Crippen LogP contribution in [0.2, 0.25) is 0 Å². The molecule has 1 rings (SSSR count). The summed E-state index contributed by atoms with van der Waals surface area (Å²) >= 11 is 0. The Labute approximate surface area is 109 Å². The maximum absolute atomic E-state index is 12.0. The van der Waals surface area contributed by atoms with Crippen LogP contribution in [-0.4, -0.2) is 20.9 Å². The van der Waals surface area contributed by atoms with Crippen LogP contribution in [0.15, 0.2) is 29.2 Å². The van der Waals surface area contributed by atoms with Gasteiger partial charge in [-0.25, -0.2) is 0 Å². The van der Waals surface area contributed by atoms with Crippen molar-refractivity contribution in [2.45, 2.75) is 37.8 Å². The van der Waals surface area contributed by atoms with Crippen molar-refractivity contribution in [2.24, 2.45) is 0 Å². The van der Waals surface area contributed by atoms with E-state index in [1.54, 1.807) is 0 Å². The van der Waals surface area contributed by atoms with Crippen LogP contribution in [0.5, 0.6) is 0 Å². The van der Waals surface area contributed by atoms with E-state index in [2.05, 4.69) is 4.74 Å². The molecule has 0 atom stereocenters. The first-order valence-electron chi connectivity index (χ1n) is 5.34. The van der Waals surface area contributed by atoms with E-state index in [0.717, 1.165) is 0 Å². The maximum Gasteiger partial charge on any atom is 0.522 e. The van der Waals surface area contributed by atoms with E-state index >= 15 is 0 Å². The largest absolute Gasteiger partial charge is 0.522 e. The summed E-state index contributed by atoms with van der Waals surface area (Å²) < 4.78 is 68.0. The molecule has 0 amide bonds. The highest BCUT2D eigenvalue weighted by atomic mass is 32.2. The minimum absolute atomic E-state index is 0.111. The molecule has 0 N–H and O–H groups in total. The average Bonchev–Trinajstić information content (AvgIpc) is 2.24. The fraction of sp³-hybridized carbons (Fsp3) is 0.455. The van der Waals surface area contributed by atoms with Gasteiger partial charge in [0.2, 0.25) is 0 Å². The molecular weight excluding hydrogens is 285 g/mol. The van der Waals surface area contributed by atoms with E-state index in [1.165, 1.54) is 38.1 Å². The van der Waals surface area contributed by atoms with Crippen LogP contribution in [0.1, 0.15) is 19.4 Å². The van der Waals surface area contributed by atoms with E-state index in [-0.39, 0.29) is 10.5 Å². The molecule has 0 aliphatic carbocycles. The van der Waals surface area contributed by atoms with Gasteiger partial charge in [0.15, 0.2) is 0 Å². The standard InChI is InChI=1S/C11H13F3O4S/c1-8(2)18-19(15,16)10-6-4-3-5-9(10)7-17-11(12,13)14/h3-6,8H,7H2,1-2H3. The Morgan fingerprint density at radius 3 is 2.32 bits per heavy atom. The normalized spacial score (nSPS) is 12.9. The zero-order valence-electron chi connectivity index (χ0n) is 10.3. The molecule has 4 nitrogen and oxygen atoms in total. The fourth-order valence-electron chi connectivity index (χ4n) is 1.33. The van der Waals surface area contributed by atoms with Gasteiger partial charge in [-0.3, -0.25) is 8.92 Å². The Bertz CT molecular complexity index is 523. The molecule has 0 aliphatic rings. The van der Waals surface area contributed by atoms with Crippen molar-refractivity contribution < 1.29 is 30.5 Å². The Hall–Kier alpha value is -1.12. The number of rotatable bonds is 5. The molecule has 108 valence electrons. The van der Waals surface area contributed by atoms with Crippen LogP contribution < -0.4 is 0 Å². The van der Waals surface area contributed by atoms with Gasteiger partial charge in [0, 0.05) is 0 Å². The first-order valence-corrected chi connectivity index (χ1v) is 6.74. The Morgan fingerprint density at radius 1 is 1.21 bits per heavy atom. The van der Waals surface area contributed by atoms with Crippen LogP contribution in [0, 0.1) is 0 Å². The van der Waals surface area contributed by atoms with E-state index in [0.29, 0.717) is 0 Å². The molecular formula is C11H13F3O4S. The van der Waals surface area contributed by atoms with Gasteiger partial charge in [-0.15, -0.1) is 13.2 Å². The van der Waals surface area contributed by atoms with Crippen molar-refractivity contribution >= 4 is 10.1 Å². The van der Waals surface area contributed by atoms with Gasteiger partial charge in [-0.05, 0) is 25.5 Å². The first kappa shape index (κ1) is 15.9. The summed E-state index contributed by atoms with van der Waals surface area (Å²) in [5.74, 6) is 0. The molecule has 0 saturated carbocycles. The molecule has 1 aromatic rings. The SMILES string of the molecule is CC(C)OS(=O)(=O)c1ccccc1COC(F)(F)F. The summed E-state index contributed by atoms with van der Waals surface area (Å²) in [6.07, 6.45) is -5.43. The van der Waals surface area contributed by atoms with E-state index in [9.17, 15) is 21.6 Å². The lowest BCUT2D eigenvalue weighted by molar-refractivity contribution is -0.330. The number of halogens is 3. The zero-order chi connectivity index (χ0) is 14.7. The minimum atomic E-state index is -4.82. The van der Waals surface area contributed by atoms with Gasteiger partial charge in [0.1, 0.15) is 0 Å². The van der Waals surface area contributed by atoms with Crippen molar-refractivity contribution in [1.82, 2.24) is 0 Å². The smallest absolute Gasteiger partial charge is 0.287 e. The van der Waals surface area contributed by atoms with Crippen molar-refractivity contribution in [2.75, 3.05) is 0 Å². The molecule has 19 heavy (non-hydrogen) atoms. The second kappa shape index (κ2) is 5.89. The second-order valence-electron chi connectivity index (χ2n) is 3.94. The van der Waals surface area contributed by atoms with Crippen molar-refractivity contribution in [3.05, 3.63) is 29.8 Å². The third kappa shape index (κ3) is 5.17. The summed E-state index contributed by atoms with van der Waals surface area (Å²) in [5, 5.41) is 0. The molecule has 1 aromatic carbocycles.